The van der Waals surface area contributed by atoms with Gasteiger partial charge < -0.3 is 15.0 Å². The molecule has 2 N–H and O–H groups in total. The molecule has 3 unspecified atom stereocenters. The van der Waals surface area contributed by atoms with Crippen molar-refractivity contribution in [1.29, 1.82) is 0 Å². The first-order valence-corrected chi connectivity index (χ1v) is 5.63. The third-order valence-electron chi connectivity index (χ3n) is 4.01. The van der Waals surface area contributed by atoms with Gasteiger partial charge in [0.25, 0.3) is 0 Å². The van der Waals surface area contributed by atoms with Crippen molar-refractivity contribution in [3.63, 3.8) is 0 Å². The molecular weight excluding hydrogens is 190 g/mol. The Labute approximate surface area is 89.4 Å². The van der Waals surface area contributed by atoms with Crippen LogP contribution < -0.4 is 5.32 Å². The second-order valence-corrected chi connectivity index (χ2v) is 4.68. The lowest BCUT2D eigenvalue weighted by atomic mass is 9.79. The summed E-state index contributed by atoms with van der Waals surface area (Å²) in [5, 5.41) is 3.61. The van der Waals surface area contributed by atoms with Gasteiger partial charge in [-0.25, -0.2) is 4.98 Å². The molecular formula is C11H17N3O. The van der Waals surface area contributed by atoms with E-state index in [4.69, 9.17) is 4.74 Å². The zero-order valence-corrected chi connectivity index (χ0v) is 9.21. The van der Waals surface area contributed by atoms with Gasteiger partial charge in [0.05, 0.1) is 30.3 Å². The minimum absolute atomic E-state index is 0.0486. The third-order valence-corrected chi connectivity index (χ3v) is 4.01. The molecule has 3 heterocycles. The van der Waals surface area contributed by atoms with Crippen molar-refractivity contribution in [2.75, 3.05) is 13.2 Å². The Kier molecular flexibility index (Phi) is 1.91. The Morgan fingerprint density at radius 1 is 1.53 bits per heavy atom. The molecule has 0 saturated carbocycles. The highest BCUT2D eigenvalue weighted by molar-refractivity contribution is 5.28. The molecule has 2 aliphatic rings. The summed E-state index contributed by atoms with van der Waals surface area (Å²) in [7, 11) is 0. The van der Waals surface area contributed by atoms with Crippen molar-refractivity contribution in [2.45, 2.75) is 31.9 Å². The van der Waals surface area contributed by atoms with Gasteiger partial charge in [-0.3, -0.25) is 0 Å². The van der Waals surface area contributed by atoms with Crippen LogP contribution in [0.1, 0.15) is 25.2 Å². The zero-order chi connectivity index (χ0) is 10.5. The van der Waals surface area contributed by atoms with Crippen LogP contribution in [0.4, 0.5) is 0 Å². The van der Waals surface area contributed by atoms with E-state index in [1.807, 2.05) is 0 Å². The van der Waals surface area contributed by atoms with Crippen LogP contribution in [0.5, 0.6) is 0 Å². The van der Waals surface area contributed by atoms with E-state index in [1.165, 1.54) is 11.4 Å². The molecule has 0 amide bonds. The highest BCUT2D eigenvalue weighted by Gasteiger charge is 2.50. The van der Waals surface area contributed by atoms with Gasteiger partial charge in [-0.2, -0.15) is 0 Å². The molecule has 3 rings (SSSR count). The van der Waals surface area contributed by atoms with Crippen molar-refractivity contribution in [3.05, 3.63) is 17.7 Å². The van der Waals surface area contributed by atoms with Crippen LogP contribution in [-0.2, 0) is 16.7 Å². The summed E-state index contributed by atoms with van der Waals surface area (Å²) in [5.74, 6) is 0.472. The van der Waals surface area contributed by atoms with Crippen molar-refractivity contribution >= 4 is 0 Å². The standard InChI is InChI=1S/C11H17N3O/c1-7-8(2)15-5-11(7)10-9(3-4-14-11)12-6-13-10/h6-8,14H,3-5H2,1-2H3,(H,12,13). The normalized spacial score (nSPS) is 39.6. The van der Waals surface area contributed by atoms with Crippen LogP contribution in [0.15, 0.2) is 6.33 Å². The molecule has 2 aliphatic heterocycles. The first kappa shape index (κ1) is 9.36. The van der Waals surface area contributed by atoms with Crippen LogP contribution in [0, 0.1) is 5.92 Å². The van der Waals surface area contributed by atoms with Crippen LogP contribution >= 0.6 is 0 Å². The predicted molar refractivity (Wildman–Crippen MR) is 56.6 cm³/mol. The summed E-state index contributed by atoms with van der Waals surface area (Å²) in [6.07, 6.45) is 3.15. The van der Waals surface area contributed by atoms with E-state index in [0.29, 0.717) is 12.0 Å². The minimum atomic E-state index is -0.0486. The Morgan fingerprint density at radius 3 is 3.13 bits per heavy atom. The summed E-state index contributed by atoms with van der Waals surface area (Å²) in [6.45, 7) is 6.14. The number of nitrogens with one attached hydrogen (secondary N) is 2. The molecule has 1 aromatic rings. The number of hydrogen-bond acceptors (Lipinski definition) is 3. The van der Waals surface area contributed by atoms with Gasteiger partial charge in [-0.05, 0) is 6.92 Å². The first-order valence-electron chi connectivity index (χ1n) is 5.63. The first-order chi connectivity index (χ1) is 7.24. The second kappa shape index (κ2) is 3.06. The van der Waals surface area contributed by atoms with Crippen molar-refractivity contribution in [3.8, 4) is 0 Å². The van der Waals surface area contributed by atoms with Gasteiger partial charge >= 0.3 is 0 Å². The topological polar surface area (TPSA) is 49.9 Å². The number of H-pyrrole nitrogens is 1. The van der Waals surface area contributed by atoms with E-state index in [2.05, 4.69) is 29.1 Å². The summed E-state index contributed by atoms with van der Waals surface area (Å²) < 4.78 is 5.77. The molecule has 1 fully saturated rings. The Morgan fingerprint density at radius 2 is 2.40 bits per heavy atom. The lowest BCUT2D eigenvalue weighted by Crippen LogP contribution is -2.52. The number of aromatic nitrogens is 2. The van der Waals surface area contributed by atoms with Crippen molar-refractivity contribution in [1.82, 2.24) is 15.3 Å². The predicted octanol–water partition coefficient (Wildman–Crippen LogP) is 0.805. The highest BCUT2D eigenvalue weighted by atomic mass is 16.5. The fourth-order valence-corrected chi connectivity index (χ4v) is 2.83. The smallest absolute Gasteiger partial charge is 0.0926 e. The maximum atomic E-state index is 5.77. The van der Waals surface area contributed by atoms with Gasteiger partial charge in [0.2, 0.25) is 0 Å². The maximum Gasteiger partial charge on any atom is 0.0926 e. The Balaban J connectivity index is 2.08. The Bertz CT molecular complexity index is 376. The number of aromatic amines is 1. The number of nitrogens with zero attached hydrogens (tertiary/aromatic N) is 1. The van der Waals surface area contributed by atoms with Crippen LogP contribution in [0.25, 0.3) is 0 Å². The quantitative estimate of drug-likeness (QED) is 0.661. The van der Waals surface area contributed by atoms with Gasteiger partial charge in [-0.1, -0.05) is 6.92 Å². The molecule has 4 heteroatoms. The molecule has 82 valence electrons. The molecule has 0 aromatic carbocycles. The van der Waals surface area contributed by atoms with E-state index in [1.54, 1.807) is 6.33 Å². The van der Waals surface area contributed by atoms with Crippen LogP contribution in [0.3, 0.4) is 0 Å². The lowest BCUT2D eigenvalue weighted by Gasteiger charge is -2.36. The van der Waals surface area contributed by atoms with Gasteiger partial charge in [0, 0.05) is 24.6 Å². The average molecular weight is 207 g/mol. The summed E-state index contributed by atoms with van der Waals surface area (Å²) in [4.78, 5) is 7.72. The monoisotopic (exact) mass is 207 g/mol. The number of ether oxygens (including phenoxy) is 1. The molecule has 0 aliphatic carbocycles. The number of rotatable bonds is 0. The summed E-state index contributed by atoms with van der Waals surface area (Å²) >= 11 is 0. The summed E-state index contributed by atoms with van der Waals surface area (Å²) in [6, 6.07) is 0. The van der Waals surface area contributed by atoms with Crippen LogP contribution in [-0.4, -0.2) is 29.2 Å². The van der Waals surface area contributed by atoms with Gasteiger partial charge in [0.15, 0.2) is 0 Å². The lowest BCUT2D eigenvalue weighted by molar-refractivity contribution is 0.104. The third kappa shape index (κ3) is 1.12. The Hall–Kier alpha value is -0.870. The zero-order valence-electron chi connectivity index (χ0n) is 9.21. The number of fused-ring (bicyclic) bond motifs is 2. The van der Waals surface area contributed by atoms with Gasteiger partial charge in [-0.15, -0.1) is 0 Å². The highest BCUT2D eigenvalue weighted by Crippen LogP contribution is 2.40. The van der Waals surface area contributed by atoms with E-state index in [-0.39, 0.29) is 5.54 Å². The molecule has 1 spiro atoms. The van der Waals surface area contributed by atoms with E-state index < -0.39 is 0 Å². The summed E-state index contributed by atoms with van der Waals surface area (Å²) in [5.41, 5.74) is 2.40. The van der Waals surface area contributed by atoms with Crippen LogP contribution in [0.2, 0.25) is 0 Å². The molecule has 1 aromatic heterocycles. The molecule has 0 bridgehead atoms. The maximum absolute atomic E-state index is 5.77. The van der Waals surface area contributed by atoms with E-state index in [0.717, 1.165) is 19.6 Å². The molecule has 1 saturated heterocycles. The number of imidazole rings is 1. The molecule has 3 atom stereocenters. The van der Waals surface area contributed by atoms with Gasteiger partial charge in [0.1, 0.15) is 0 Å². The fraction of sp³-hybridized carbons (Fsp3) is 0.727. The van der Waals surface area contributed by atoms with E-state index in [9.17, 15) is 0 Å². The second-order valence-electron chi connectivity index (χ2n) is 4.68. The average Bonchev–Trinajstić information content (AvgIpc) is 2.81. The molecule has 4 nitrogen and oxygen atoms in total. The molecule has 15 heavy (non-hydrogen) atoms. The van der Waals surface area contributed by atoms with E-state index >= 15 is 0 Å². The fourth-order valence-electron chi connectivity index (χ4n) is 2.83. The molecule has 0 radical (unpaired) electrons. The van der Waals surface area contributed by atoms with Crippen molar-refractivity contribution in [2.24, 2.45) is 5.92 Å². The SMILES string of the molecule is CC1OCC2(NCCc3[nH]cnc32)C1C. The minimum Gasteiger partial charge on any atom is -0.376 e. The number of hydrogen-bond donors (Lipinski definition) is 2. The largest absolute Gasteiger partial charge is 0.376 e. The van der Waals surface area contributed by atoms with Crippen molar-refractivity contribution < 1.29 is 4.74 Å².